The fourth-order valence-electron chi connectivity index (χ4n) is 1.22. The van der Waals surface area contributed by atoms with Crippen molar-refractivity contribution in [1.82, 2.24) is 0 Å². The first kappa shape index (κ1) is 15.7. The van der Waals surface area contributed by atoms with Crippen molar-refractivity contribution in [3.63, 3.8) is 0 Å². The molecule has 18 heavy (non-hydrogen) atoms. The van der Waals surface area contributed by atoms with E-state index in [4.69, 9.17) is 14.7 Å². The van der Waals surface area contributed by atoms with Crippen molar-refractivity contribution in [3.8, 4) is 0 Å². The first-order chi connectivity index (χ1) is 8.06. The van der Waals surface area contributed by atoms with Crippen LogP contribution in [-0.2, 0) is 4.65 Å². The highest BCUT2D eigenvalue weighted by Crippen LogP contribution is 2.25. The second-order valence-corrected chi connectivity index (χ2v) is 6.10. The number of thiophene rings is 1. The molecule has 0 spiro atoms. The number of aliphatic hydroxyl groups is 1. The van der Waals surface area contributed by atoms with Gasteiger partial charge in [-0.1, -0.05) is 6.07 Å². The van der Waals surface area contributed by atoms with E-state index in [0.29, 0.717) is 4.78 Å². The van der Waals surface area contributed by atoms with E-state index in [2.05, 4.69) is 0 Å². The summed E-state index contributed by atoms with van der Waals surface area (Å²) >= 11 is 1.16. The van der Waals surface area contributed by atoms with Crippen LogP contribution in [0.15, 0.2) is 11.4 Å². The maximum Gasteiger partial charge on any atom is 0.501 e. The van der Waals surface area contributed by atoms with Gasteiger partial charge in [-0.05, 0) is 38.5 Å². The van der Waals surface area contributed by atoms with Crippen LogP contribution in [0.4, 0.5) is 0 Å². The van der Waals surface area contributed by atoms with Crippen LogP contribution in [0.25, 0.3) is 0 Å². The minimum atomic E-state index is -1.66. The molecule has 0 aromatic carbocycles. The summed E-state index contributed by atoms with van der Waals surface area (Å²) in [7, 11) is -2.97. The summed E-state index contributed by atoms with van der Waals surface area (Å²) in [5, 5.41) is 39.9. The van der Waals surface area contributed by atoms with E-state index < -0.39 is 25.4 Å². The predicted octanol–water partition coefficient (Wildman–Crippen LogP) is -1.32. The van der Waals surface area contributed by atoms with Gasteiger partial charge < -0.3 is 24.8 Å². The van der Waals surface area contributed by atoms with Crippen molar-refractivity contribution in [1.29, 1.82) is 0 Å². The molecule has 4 N–H and O–H groups in total. The Kier molecular flexibility index (Phi) is 4.64. The molecule has 0 fully saturated rings. The van der Waals surface area contributed by atoms with Crippen molar-refractivity contribution < 1.29 is 24.8 Å². The van der Waals surface area contributed by atoms with Crippen molar-refractivity contribution in [2.45, 2.75) is 38.9 Å². The molecule has 5 nitrogen and oxygen atoms in total. The van der Waals surface area contributed by atoms with Crippen molar-refractivity contribution in [3.05, 3.63) is 11.4 Å². The predicted molar refractivity (Wildman–Crippen MR) is 73.2 cm³/mol. The average Bonchev–Trinajstić information content (AvgIpc) is 2.62. The van der Waals surface area contributed by atoms with Crippen molar-refractivity contribution in [2.75, 3.05) is 0 Å². The molecule has 0 aliphatic carbocycles. The van der Waals surface area contributed by atoms with Crippen LogP contribution < -0.4 is 10.2 Å². The van der Waals surface area contributed by atoms with Crippen molar-refractivity contribution >= 4 is 35.8 Å². The quantitative estimate of drug-likeness (QED) is 0.499. The number of hydrogen-bond acceptors (Lipinski definition) is 6. The van der Waals surface area contributed by atoms with Crippen LogP contribution in [-0.4, -0.2) is 45.6 Å². The number of hydrogen-bond donors (Lipinski definition) is 4. The van der Waals surface area contributed by atoms with E-state index in [-0.39, 0.29) is 5.46 Å². The third-order valence-corrected chi connectivity index (χ3v) is 4.07. The maximum atomic E-state index is 9.99. The Hall–Kier alpha value is -0.370. The van der Waals surface area contributed by atoms with E-state index in [0.717, 1.165) is 11.3 Å². The summed E-state index contributed by atoms with van der Waals surface area (Å²) in [6.07, 6.45) is 0. The Morgan fingerprint density at radius 1 is 1.17 bits per heavy atom. The summed E-state index contributed by atoms with van der Waals surface area (Å²) in [4.78, 5) is 0. The Morgan fingerprint density at radius 2 is 1.72 bits per heavy atom. The topological polar surface area (TPSA) is 90.2 Å². The van der Waals surface area contributed by atoms with Gasteiger partial charge in [-0.15, -0.1) is 0 Å². The first-order valence-corrected chi connectivity index (χ1v) is 6.46. The molecule has 0 unspecified atom stereocenters. The van der Waals surface area contributed by atoms with Gasteiger partial charge in [0.1, 0.15) is 0 Å². The standard InChI is InChI=1S/C10H18B2O5S/c1-9(2,13)10(3,4)17-12(16)8-7(11(14)15)5-6-18-8/h5-6,13-16H,1-4H3. The molecular weight excluding hydrogens is 254 g/mol. The zero-order valence-electron chi connectivity index (χ0n) is 10.9. The molecule has 0 aliphatic rings. The largest absolute Gasteiger partial charge is 0.501 e. The molecule has 100 valence electrons. The van der Waals surface area contributed by atoms with E-state index in [1.807, 2.05) is 0 Å². The third kappa shape index (κ3) is 3.34. The van der Waals surface area contributed by atoms with E-state index in [9.17, 15) is 10.1 Å². The minimum absolute atomic E-state index is 0.207. The molecular formula is C10H18B2O5S. The lowest BCUT2D eigenvalue weighted by Gasteiger charge is -2.38. The van der Waals surface area contributed by atoms with Gasteiger partial charge in [-0.2, -0.15) is 11.3 Å². The van der Waals surface area contributed by atoms with Gasteiger partial charge in [0.25, 0.3) is 0 Å². The van der Waals surface area contributed by atoms with E-state index in [1.165, 1.54) is 6.07 Å². The molecule has 0 bridgehead atoms. The molecule has 1 aromatic heterocycles. The van der Waals surface area contributed by atoms with Gasteiger partial charge in [0.2, 0.25) is 0 Å². The third-order valence-electron chi connectivity index (χ3n) is 3.11. The summed E-state index contributed by atoms with van der Waals surface area (Å²) in [5.74, 6) is 0. The van der Waals surface area contributed by atoms with Crippen LogP contribution in [0.1, 0.15) is 27.7 Å². The monoisotopic (exact) mass is 272 g/mol. The lowest BCUT2D eigenvalue weighted by atomic mass is 9.70. The average molecular weight is 272 g/mol. The Balaban J connectivity index is 2.89. The molecule has 0 amide bonds. The first-order valence-electron chi connectivity index (χ1n) is 5.58. The summed E-state index contributed by atoms with van der Waals surface area (Å²) < 4.78 is 5.75. The molecule has 0 saturated carbocycles. The SMILES string of the molecule is CC(C)(O)C(C)(C)OB(O)c1sccc1B(O)O. The lowest BCUT2D eigenvalue weighted by molar-refractivity contribution is -0.0981. The van der Waals surface area contributed by atoms with Gasteiger partial charge in [-0.25, -0.2) is 0 Å². The van der Waals surface area contributed by atoms with Crippen molar-refractivity contribution in [2.24, 2.45) is 0 Å². The molecule has 1 rings (SSSR count). The number of rotatable bonds is 5. The maximum absolute atomic E-state index is 9.99. The second kappa shape index (κ2) is 5.32. The fourth-order valence-corrected chi connectivity index (χ4v) is 2.06. The zero-order valence-corrected chi connectivity index (χ0v) is 11.7. The van der Waals surface area contributed by atoms with Crippen LogP contribution in [0.2, 0.25) is 0 Å². The molecule has 8 heteroatoms. The highest BCUT2D eigenvalue weighted by Gasteiger charge is 2.41. The minimum Gasteiger partial charge on any atom is -0.423 e. The van der Waals surface area contributed by atoms with Crippen LogP contribution in [0.3, 0.4) is 0 Å². The molecule has 1 heterocycles. The summed E-state index contributed by atoms with van der Waals surface area (Å²) in [6, 6.07) is 1.51. The Bertz CT molecular complexity index is 399. The Morgan fingerprint density at radius 3 is 2.17 bits per heavy atom. The summed E-state index contributed by atoms with van der Waals surface area (Å²) in [5.41, 5.74) is -1.93. The van der Waals surface area contributed by atoms with Crippen LogP contribution in [0.5, 0.6) is 0 Å². The second-order valence-electron chi connectivity index (χ2n) is 5.15. The molecule has 0 atom stereocenters. The van der Waals surface area contributed by atoms with Gasteiger partial charge in [0, 0.05) is 4.78 Å². The Labute approximate surface area is 111 Å². The molecule has 0 aliphatic heterocycles. The summed E-state index contributed by atoms with van der Waals surface area (Å²) in [6.45, 7) is 6.46. The highest BCUT2D eigenvalue weighted by molar-refractivity contribution is 7.22. The smallest absolute Gasteiger partial charge is 0.423 e. The van der Waals surface area contributed by atoms with Gasteiger partial charge in [0.15, 0.2) is 0 Å². The fraction of sp³-hybridized carbons (Fsp3) is 0.600. The van der Waals surface area contributed by atoms with Gasteiger partial charge >= 0.3 is 14.2 Å². The normalized spacial score (nSPS) is 12.7. The van der Waals surface area contributed by atoms with Gasteiger partial charge in [0.05, 0.1) is 11.2 Å². The van der Waals surface area contributed by atoms with Gasteiger partial charge in [-0.3, -0.25) is 0 Å². The molecule has 1 aromatic rings. The van der Waals surface area contributed by atoms with E-state index >= 15 is 0 Å². The lowest BCUT2D eigenvalue weighted by Crippen LogP contribution is -2.56. The zero-order chi connectivity index (χ0) is 14.1. The molecule has 0 saturated heterocycles. The van der Waals surface area contributed by atoms with E-state index in [1.54, 1.807) is 33.1 Å². The van der Waals surface area contributed by atoms with Crippen LogP contribution >= 0.6 is 11.3 Å². The van der Waals surface area contributed by atoms with Crippen LogP contribution in [0, 0.1) is 0 Å². The molecule has 0 radical (unpaired) electrons. The highest BCUT2D eigenvalue weighted by atomic mass is 32.1.